The summed E-state index contributed by atoms with van der Waals surface area (Å²) in [4.78, 5) is 25.0. The Morgan fingerprint density at radius 3 is 2.53 bits per heavy atom. The van der Waals surface area contributed by atoms with Gasteiger partial charge in [0, 0.05) is 11.8 Å². The number of alkyl halides is 3. The average Bonchev–Trinajstić information content (AvgIpc) is 3.51. The van der Waals surface area contributed by atoms with E-state index in [1.165, 1.54) is 29.7 Å². The summed E-state index contributed by atoms with van der Waals surface area (Å²) in [5.74, 6) is -0.780. The number of aliphatic hydroxyl groups is 1. The SMILES string of the molecule is CC(C)C(O)(C1=NC(c2ccc(NC(=O)c3cscn3)cn2)=CC1)c1cccc(C(F)(F)F)c1. The molecule has 0 saturated heterocycles. The second kappa shape index (κ2) is 9.11. The summed E-state index contributed by atoms with van der Waals surface area (Å²) >= 11 is 1.32. The summed E-state index contributed by atoms with van der Waals surface area (Å²) < 4.78 is 39.7. The Kier molecular flexibility index (Phi) is 6.37. The summed E-state index contributed by atoms with van der Waals surface area (Å²) in [7, 11) is 0. The van der Waals surface area contributed by atoms with Gasteiger partial charge in [-0.1, -0.05) is 32.1 Å². The molecule has 0 spiro atoms. The maximum atomic E-state index is 13.2. The van der Waals surface area contributed by atoms with Crippen molar-refractivity contribution in [3.05, 3.63) is 82.1 Å². The van der Waals surface area contributed by atoms with E-state index in [1.54, 1.807) is 42.9 Å². The summed E-state index contributed by atoms with van der Waals surface area (Å²) in [5, 5.41) is 15.9. The molecule has 0 aliphatic carbocycles. The third kappa shape index (κ3) is 4.64. The molecule has 1 aliphatic heterocycles. The number of allylic oxidation sites excluding steroid dienone is 1. The number of carbonyl (C=O) groups is 1. The molecule has 1 unspecified atom stereocenters. The molecule has 1 amide bonds. The molecule has 10 heteroatoms. The van der Waals surface area contributed by atoms with Gasteiger partial charge >= 0.3 is 6.18 Å². The van der Waals surface area contributed by atoms with Crippen LogP contribution >= 0.6 is 11.3 Å². The predicted molar refractivity (Wildman–Crippen MR) is 125 cm³/mol. The maximum Gasteiger partial charge on any atom is 0.416 e. The quantitative estimate of drug-likeness (QED) is 0.479. The minimum atomic E-state index is -4.52. The number of nitrogens with zero attached hydrogens (tertiary/aromatic N) is 3. The number of anilines is 1. The van der Waals surface area contributed by atoms with Gasteiger partial charge in [-0.2, -0.15) is 13.2 Å². The number of rotatable bonds is 6. The van der Waals surface area contributed by atoms with Crippen molar-refractivity contribution in [2.75, 3.05) is 5.32 Å². The summed E-state index contributed by atoms with van der Waals surface area (Å²) in [5.41, 5.74) is 1.34. The smallest absolute Gasteiger partial charge is 0.379 e. The van der Waals surface area contributed by atoms with Crippen LogP contribution in [0, 0.1) is 5.92 Å². The molecule has 6 nitrogen and oxygen atoms in total. The van der Waals surface area contributed by atoms with Crippen LogP contribution in [-0.2, 0) is 11.8 Å². The molecule has 1 aromatic carbocycles. The molecule has 3 aromatic rings. The molecule has 34 heavy (non-hydrogen) atoms. The van der Waals surface area contributed by atoms with Crippen LogP contribution in [0.25, 0.3) is 5.70 Å². The van der Waals surface area contributed by atoms with E-state index in [2.05, 4.69) is 20.3 Å². The number of benzene rings is 1. The van der Waals surface area contributed by atoms with Crippen LogP contribution in [0.3, 0.4) is 0 Å². The minimum Gasteiger partial charge on any atom is -0.379 e. The normalized spacial score (nSPS) is 15.6. The van der Waals surface area contributed by atoms with Gasteiger partial charge in [0.15, 0.2) is 0 Å². The van der Waals surface area contributed by atoms with E-state index >= 15 is 0 Å². The molecule has 176 valence electrons. The Hall–Kier alpha value is -3.37. The molecule has 4 rings (SSSR count). The van der Waals surface area contributed by atoms with Gasteiger partial charge < -0.3 is 10.4 Å². The lowest BCUT2D eigenvalue weighted by atomic mass is 9.78. The Morgan fingerprint density at radius 1 is 1.15 bits per heavy atom. The highest BCUT2D eigenvalue weighted by Gasteiger charge is 2.41. The van der Waals surface area contributed by atoms with E-state index in [0.717, 1.165) is 12.1 Å². The molecule has 0 saturated carbocycles. The summed E-state index contributed by atoms with van der Waals surface area (Å²) in [6.07, 6.45) is -0.999. The van der Waals surface area contributed by atoms with Crippen molar-refractivity contribution >= 4 is 34.3 Å². The number of pyridine rings is 1. The van der Waals surface area contributed by atoms with Gasteiger partial charge in [0.1, 0.15) is 11.3 Å². The topological polar surface area (TPSA) is 87.5 Å². The number of aliphatic imine (C=N–C) groups is 1. The van der Waals surface area contributed by atoms with Crippen LogP contribution in [0.15, 0.2) is 64.6 Å². The zero-order valence-corrected chi connectivity index (χ0v) is 19.1. The number of thiazole rings is 1. The van der Waals surface area contributed by atoms with Gasteiger partial charge in [0.2, 0.25) is 0 Å². The van der Waals surface area contributed by atoms with Crippen LogP contribution in [-0.4, -0.2) is 26.7 Å². The number of hydrogen-bond donors (Lipinski definition) is 2. The fourth-order valence-corrected chi connectivity index (χ4v) is 4.27. The lowest BCUT2D eigenvalue weighted by molar-refractivity contribution is -0.137. The third-order valence-corrected chi connectivity index (χ3v) is 6.18. The average molecular weight is 487 g/mol. The van der Waals surface area contributed by atoms with Gasteiger partial charge in [-0.15, -0.1) is 11.3 Å². The van der Waals surface area contributed by atoms with Crippen LogP contribution in [0.4, 0.5) is 18.9 Å². The van der Waals surface area contributed by atoms with Crippen LogP contribution in [0.1, 0.15) is 47.6 Å². The fourth-order valence-electron chi connectivity index (χ4n) is 3.74. The summed E-state index contributed by atoms with van der Waals surface area (Å²) in [6.45, 7) is 3.47. The molecule has 1 atom stereocenters. The van der Waals surface area contributed by atoms with E-state index in [1.807, 2.05) is 0 Å². The van der Waals surface area contributed by atoms with Crippen LogP contribution < -0.4 is 5.32 Å². The Labute approximate surface area is 197 Å². The van der Waals surface area contributed by atoms with Gasteiger partial charge in [0.05, 0.1) is 40.1 Å². The van der Waals surface area contributed by atoms with E-state index in [9.17, 15) is 23.1 Å². The largest absolute Gasteiger partial charge is 0.416 e. The number of halogens is 3. The zero-order valence-electron chi connectivity index (χ0n) is 18.3. The first kappa shape index (κ1) is 23.8. The van der Waals surface area contributed by atoms with Crippen molar-refractivity contribution in [3.63, 3.8) is 0 Å². The highest BCUT2D eigenvalue weighted by molar-refractivity contribution is 7.07. The van der Waals surface area contributed by atoms with Gasteiger partial charge in [-0.25, -0.2) is 4.98 Å². The Morgan fingerprint density at radius 2 is 1.91 bits per heavy atom. The van der Waals surface area contributed by atoms with Crippen molar-refractivity contribution in [1.82, 2.24) is 9.97 Å². The zero-order chi connectivity index (χ0) is 24.5. The lowest BCUT2D eigenvalue weighted by Crippen LogP contribution is -2.40. The Balaban J connectivity index is 1.57. The van der Waals surface area contributed by atoms with Crippen molar-refractivity contribution in [1.29, 1.82) is 0 Å². The highest BCUT2D eigenvalue weighted by atomic mass is 32.1. The first-order valence-electron chi connectivity index (χ1n) is 10.4. The molecule has 2 aromatic heterocycles. The minimum absolute atomic E-state index is 0.138. The molecule has 0 radical (unpaired) electrons. The standard InChI is InChI=1S/C24H21F3N4O2S/c1-14(2)23(33,15-4-3-5-16(10-15)24(25,26)27)21-9-8-19(31-21)18-7-6-17(11-28-18)30-22(32)20-12-34-13-29-20/h3-8,10-14,33H,9H2,1-2H3,(H,30,32). The molecule has 0 bridgehead atoms. The van der Waals surface area contributed by atoms with Crippen LogP contribution in [0.5, 0.6) is 0 Å². The molecule has 1 aliphatic rings. The molecule has 3 heterocycles. The first-order valence-corrected chi connectivity index (χ1v) is 11.4. The number of nitrogens with one attached hydrogen (secondary N) is 1. The Bertz CT molecular complexity index is 1250. The number of aromatic nitrogens is 2. The molecular weight excluding hydrogens is 465 g/mol. The number of amides is 1. The summed E-state index contributed by atoms with van der Waals surface area (Å²) in [6, 6.07) is 8.06. The van der Waals surface area contributed by atoms with Gasteiger partial charge in [-0.05, 0) is 35.7 Å². The van der Waals surface area contributed by atoms with Crippen LogP contribution in [0.2, 0.25) is 0 Å². The van der Waals surface area contributed by atoms with E-state index in [0.29, 0.717) is 28.5 Å². The highest BCUT2D eigenvalue weighted by Crippen LogP contribution is 2.39. The molecular formula is C24H21F3N4O2S. The van der Waals surface area contributed by atoms with Crippen molar-refractivity contribution in [2.45, 2.75) is 32.0 Å². The van der Waals surface area contributed by atoms with E-state index in [-0.39, 0.29) is 17.9 Å². The van der Waals surface area contributed by atoms with Gasteiger partial charge in [-0.3, -0.25) is 14.8 Å². The second-order valence-corrected chi connectivity index (χ2v) is 8.83. The lowest BCUT2D eigenvalue weighted by Gasteiger charge is -2.33. The van der Waals surface area contributed by atoms with Gasteiger partial charge in [0.25, 0.3) is 5.91 Å². The van der Waals surface area contributed by atoms with E-state index in [4.69, 9.17) is 0 Å². The first-order chi connectivity index (χ1) is 16.1. The van der Waals surface area contributed by atoms with Crippen molar-refractivity contribution in [3.8, 4) is 0 Å². The second-order valence-electron chi connectivity index (χ2n) is 8.11. The number of carbonyl (C=O) groups excluding carboxylic acids is 1. The number of hydrogen-bond acceptors (Lipinski definition) is 6. The van der Waals surface area contributed by atoms with Crippen molar-refractivity contribution < 1.29 is 23.1 Å². The monoisotopic (exact) mass is 486 g/mol. The van der Waals surface area contributed by atoms with E-state index < -0.39 is 23.3 Å². The predicted octanol–water partition coefficient (Wildman–Crippen LogP) is 5.54. The third-order valence-electron chi connectivity index (χ3n) is 5.60. The molecule has 0 fully saturated rings. The molecule has 2 N–H and O–H groups in total. The maximum absolute atomic E-state index is 13.2. The van der Waals surface area contributed by atoms with Crippen molar-refractivity contribution in [2.24, 2.45) is 10.9 Å². The fraction of sp³-hybridized carbons (Fsp3) is 0.250.